The second-order valence-corrected chi connectivity index (χ2v) is 4.82. The van der Waals surface area contributed by atoms with E-state index >= 15 is 0 Å². The molecule has 1 atom stereocenters. The van der Waals surface area contributed by atoms with Gasteiger partial charge in [0.1, 0.15) is 0 Å². The lowest BCUT2D eigenvalue weighted by Crippen LogP contribution is -1.96. The summed E-state index contributed by atoms with van der Waals surface area (Å²) >= 11 is 0. The molecule has 0 saturated heterocycles. The molecule has 0 heterocycles. The zero-order valence-electron chi connectivity index (χ0n) is 11.9. The van der Waals surface area contributed by atoms with Crippen LogP contribution in [0.4, 0.5) is 0 Å². The molecule has 0 fully saturated rings. The summed E-state index contributed by atoms with van der Waals surface area (Å²) in [6.07, 6.45) is 18.3. The Kier molecular flexibility index (Phi) is 13.4. The maximum atomic E-state index is 9.01. The lowest BCUT2D eigenvalue weighted by Gasteiger charge is -2.00. The van der Waals surface area contributed by atoms with E-state index in [9.17, 15) is 0 Å². The van der Waals surface area contributed by atoms with Crippen molar-refractivity contribution in [2.75, 3.05) is 0 Å². The fourth-order valence-electron chi connectivity index (χ4n) is 1.91. The Bertz CT molecular complexity index is 264. The molecule has 0 unspecified atom stereocenters. The maximum Gasteiger partial charge on any atom is 0.176 e. The lowest BCUT2D eigenvalue weighted by molar-refractivity contribution is 0.289. The van der Waals surface area contributed by atoms with E-state index in [1.54, 1.807) is 0 Å². The molecule has 0 aliphatic rings. The van der Waals surface area contributed by atoms with E-state index in [0.717, 1.165) is 12.8 Å². The van der Waals surface area contributed by atoms with Crippen LogP contribution in [-0.2, 0) is 0 Å². The van der Waals surface area contributed by atoms with Crippen LogP contribution in [0.25, 0.3) is 0 Å². The van der Waals surface area contributed by atoms with Gasteiger partial charge in [-0.3, -0.25) is 0 Å². The third-order valence-electron chi connectivity index (χ3n) is 3.05. The first-order chi connectivity index (χ1) is 8.81. The molecule has 102 valence electrons. The fourth-order valence-corrected chi connectivity index (χ4v) is 1.91. The van der Waals surface area contributed by atoms with Gasteiger partial charge in [-0.05, 0) is 6.42 Å². The summed E-state index contributed by atoms with van der Waals surface area (Å²) in [5, 5.41) is 9.01. The predicted octanol–water partition coefficient (Wildman–Crippen LogP) is 4.29. The average molecular weight is 248 g/mol. The molecule has 0 bridgehead atoms. The Morgan fingerprint density at radius 1 is 0.889 bits per heavy atom. The molecule has 1 N–H and O–H groups in total. The van der Waals surface area contributed by atoms with E-state index in [4.69, 9.17) is 11.5 Å². The molecule has 0 aromatic rings. The summed E-state index contributed by atoms with van der Waals surface area (Å²) in [4.78, 5) is 0. The third-order valence-corrected chi connectivity index (χ3v) is 3.05. The van der Waals surface area contributed by atoms with E-state index in [0.29, 0.717) is 0 Å². The van der Waals surface area contributed by atoms with Crippen molar-refractivity contribution in [3.8, 4) is 24.2 Å². The molecule has 18 heavy (non-hydrogen) atoms. The Labute approximate surface area is 113 Å². The number of rotatable bonds is 10. The summed E-state index contributed by atoms with van der Waals surface area (Å²) in [7, 11) is 0. The summed E-state index contributed by atoms with van der Waals surface area (Å²) < 4.78 is 0. The number of hydrogen-bond donors (Lipinski definition) is 1. The van der Waals surface area contributed by atoms with Crippen molar-refractivity contribution in [1.82, 2.24) is 0 Å². The first kappa shape index (κ1) is 17.1. The van der Waals surface area contributed by atoms with Crippen molar-refractivity contribution in [3.63, 3.8) is 0 Å². The van der Waals surface area contributed by atoms with Crippen LogP contribution in [0, 0.1) is 24.2 Å². The van der Waals surface area contributed by atoms with Crippen LogP contribution >= 0.6 is 0 Å². The highest BCUT2D eigenvalue weighted by Crippen LogP contribution is 2.10. The van der Waals surface area contributed by atoms with Crippen molar-refractivity contribution in [2.24, 2.45) is 0 Å². The normalized spacial score (nSPS) is 11.4. The van der Waals surface area contributed by atoms with Gasteiger partial charge in [-0.25, -0.2) is 0 Å². The Morgan fingerprint density at radius 3 is 1.89 bits per heavy atom. The smallest absolute Gasteiger partial charge is 0.176 e. The van der Waals surface area contributed by atoms with Crippen molar-refractivity contribution in [2.45, 2.75) is 83.7 Å². The number of hydrogen-bond acceptors (Lipinski definition) is 1. The Morgan fingerprint density at radius 2 is 1.39 bits per heavy atom. The minimum atomic E-state index is -0.881. The second kappa shape index (κ2) is 14.1. The van der Waals surface area contributed by atoms with Crippen molar-refractivity contribution in [1.29, 1.82) is 0 Å². The van der Waals surface area contributed by atoms with E-state index in [2.05, 4.69) is 24.7 Å². The number of unbranched alkanes of at least 4 members (excludes halogenated alkanes) is 10. The molecule has 0 aliphatic heterocycles. The molecule has 0 radical (unpaired) electrons. The fraction of sp³-hybridized carbons (Fsp3) is 0.765. The highest BCUT2D eigenvalue weighted by atomic mass is 16.3. The van der Waals surface area contributed by atoms with Gasteiger partial charge >= 0.3 is 0 Å². The van der Waals surface area contributed by atoms with Gasteiger partial charge in [-0.15, -0.1) is 6.42 Å². The SMILES string of the molecule is C#C[C@H](O)C#CCCCCCCCCCCCC. The zero-order valence-corrected chi connectivity index (χ0v) is 11.9. The molecule has 0 aromatic heterocycles. The number of aliphatic hydroxyl groups excluding tert-OH is 1. The van der Waals surface area contributed by atoms with E-state index in [1.165, 1.54) is 57.8 Å². The van der Waals surface area contributed by atoms with Crippen LogP contribution in [0.3, 0.4) is 0 Å². The molecule has 0 saturated carbocycles. The van der Waals surface area contributed by atoms with Gasteiger partial charge < -0.3 is 5.11 Å². The van der Waals surface area contributed by atoms with E-state index in [-0.39, 0.29) is 0 Å². The number of terminal acetylenes is 1. The molecular formula is C17H28O. The van der Waals surface area contributed by atoms with Crippen LogP contribution < -0.4 is 0 Å². The zero-order chi connectivity index (χ0) is 13.5. The van der Waals surface area contributed by atoms with Crippen LogP contribution in [0.1, 0.15) is 77.6 Å². The molecule has 1 nitrogen and oxygen atoms in total. The lowest BCUT2D eigenvalue weighted by atomic mass is 10.1. The molecule has 0 aliphatic carbocycles. The van der Waals surface area contributed by atoms with E-state index in [1.807, 2.05) is 0 Å². The standard InChI is InChI=1S/C17H28O/c1-3-5-6-7-8-9-10-11-12-13-14-15-16-17(18)4-2/h2,17-18H,3,5-14H2,1H3/t17-/m0/s1. The molecule has 0 aromatic carbocycles. The first-order valence-corrected chi connectivity index (χ1v) is 7.43. The van der Waals surface area contributed by atoms with Gasteiger partial charge in [0.15, 0.2) is 6.10 Å². The molecule has 0 spiro atoms. The first-order valence-electron chi connectivity index (χ1n) is 7.43. The van der Waals surface area contributed by atoms with Crippen LogP contribution in [0.15, 0.2) is 0 Å². The van der Waals surface area contributed by atoms with Gasteiger partial charge in [0.25, 0.3) is 0 Å². The van der Waals surface area contributed by atoms with Crippen LogP contribution in [0.5, 0.6) is 0 Å². The molecular weight excluding hydrogens is 220 g/mol. The van der Waals surface area contributed by atoms with Crippen LogP contribution in [-0.4, -0.2) is 11.2 Å². The minimum Gasteiger partial charge on any atom is -0.369 e. The second-order valence-electron chi connectivity index (χ2n) is 4.82. The highest BCUT2D eigenvalue weighted by Gasteiger charge is 1.92. The van der Waals surface area contributed by atoms with Crippen LogP contribution in [0.2, 0.25) is 0 Å². The average Bonchev–Trinajstić information content (AvgIpc) is 2.39. The Hall–Kier alpha value is -0.920. The summed E-state index contributed by atoms with van der Waals surface area (Å²) in [6.45, 7) is 2.26. The topological polar surface area (TPSA) is 20.2 Å². The van der Waals surface area contributed by atoms with Crippen molar-refractivity contribution in [3.05, 3.63) is 0 Å². The summed E-state index contributed by atoms with van der Waals surface area (Å²) in [5.74, 6) is 7.74. The van der Waals surface area contributed by atoms with Gasteiger partial charge in [0, 0.05) is 6.42 Å². The van der Waals surface area contributed by atoms with Gasteiger partial charge in [-0.1, -0.05) is 82.5 Å². The van der Waals surface area contributed by atoms with Crippen molar-refractivity contribution >= 4 is 0 Å². The maximum absolute atomic E-state index is 9.01. The predicted molar refractivity (Wildman–Crippen MR) is 79.1 cm³/mol. The van der Waals surface area contributed by atoms with Gasteiger partial charge in [0.05, 0.1) is 0 Å². The molecule has 0 rings (SSSR count). The van der Waals surface area contributed by atoms with Gasteiger partial charge in [0.2, 0.25) is 0 Å². The molecule has 0 amide bonds. The minimum absolute atomic E-state index is 0.856. The third kappa shape index (κ3) is 13.1. The molecule has 1 heteroatoms. The quantitative estimate of drug-likeness (QED) is 0.451. The highest BCUT2D eigenvalue weighted by molar-refractivity contribution is 5.15. The number of aliphatic hydroxyl groups is 1. The van der Waals surface area contributed by atoms with Gasteiger partial charge in [-0.2, -0.15) is 0 Å². The summed E-state index contributed by atoms with van der Waals surface area (Å²) in [5.41, 5.74) is 0. The monoisotopic (exact) mass is 248 g/mol. The van der Waals surface area contributed by atoms with E-state index < -0.39 is 6.10 Å². The summed E-state index contributed by atoms with van der Waals surface area (Å²) in [6, 6.07) is 0. The van der Waals surface area contributed by atoms with Crippen molar-refractivity contribution < 1.29 is 5.11 Å². The Balaban J connectivity index is 3.12. The largest absolute Gasteiger partial charge is 0.369 e.